The number of piperidine rings is 1. The van der Waals surface area contributed by atoms with Crippen LogP contribution in [-0.4, -0.2) is 132 Å². The topological polar surface area (TPSA) is 195 Å². The summed E-state index contributed by atoms with van der Waals surface area (Å²) < 4.78 is 29.4. The van der Waals surface area contributed by atoms with Crippen LogP contribution < -0.4 is 0 Å². The number of amides is 1. The van der Waals surface area contributed by atoms with Crippen LogP contribution in [0.1, 0.15) is 126 Å². The number of Topliss-reactive ketones (excluding diaryl/α,β-unsaturated/α-hetero) is 3. The van der Waals surface area contributed by atoms with Gasteiger partial charge in [-0.05, 0) is 107 Å². The van der Waals surface area contributed by atoms with Crippen molar-refractivity contribution in [3.63, 3.8) is 0 Å². The Bertz CT molecular complexity index is 1760. The van der Waals surface area contributed by atoms with Crippen LogP contribution in [0.15, 0.2) is 47.6 Å². The Morgan fingerprint density at radius 2 is 1.57 bits per heavy atom. The second-order valence-corrected chi connectivity index (χ2v) is 19.6. The third kappa shape index (κ3) is 14.3. The summed E-state index contributed by atoms with van der Waals surface area (Å²) in [4.78, 5) is 71.8. The number of aliphatic hydroxyl groups excluding tert-OH is 2. The molecule has 4 rings (SSSR count). The van der Waals surface area contributed by atoms with Crippen LogP contribution in [0.5, 0.6) is 0 Å². The highest BCUT2D eigenvalue weighted by Crippen LogP contribution is 2.38. The molecule has 0 aromatic rings. The van der Waals surface area contributed by atoms with E-state index in [1.807, 2.05) is 58.1 Å². The van der Waals surface area contributed by atoms with Crippen molar-refractivity contribution in [3.05, 3.63) is 47.6 Å². The molecule has 14 nitrogen and oxygen atoms in total. The molecule has 65 heavy (non-hydrogen) atoms. The largest absolute Gasteiger partial charge is 0.460 e. The summed E-state index contributed by atoms with van der Waals surface area (Å²) in [6.45, 7) is 12.7. The second kappa shape index (κ2) is 25.1. The maximum Gasteiger partial charge on any atom is 0.329 e. The Hall–Kier alpha value is -3.37. The molecule has 2 unspecified atom stereocenters. The minimum atomic E-state index is -2.43. The van der Waals surface area contributed by atoms with Crippen LogP contribution in [-0.2, 0) is 47.7 Å². The van der Waals surface area contributed by atoms with Crippen molar-refractivity contribution in [2.75, 3.05) is 27.9 Å². The van der Waals surface area contributed by atoms with Crippen LogP contribution in [0.2, 0.25) is 0 Å². The highest BCUT2D eigenvalue weighted by atomic mass is 16.6. The number of esters is 1. The van der Waals surface area contributed by atoms with Gasteiger partial charge in [0.05, 0.1) is 24.4 Å². The lowest BCUT2D eigenvalue weighted by Gasteiger charge is -2.42. The zero-order chi connectivity index (χ0) is 48.2. The molecule has 2 saturated heterocycles. The predicted octanol–water partition coefficient (Wildman–Crippen LogP) is 6.18. The van der Waals surface area contributed by atoms with Gasteiger partial charge in [-0.25, -0.2) is 4.79 Å². The standard InChI is InChI=1S/C51H79NO13/c1-30-16-12-11-13-17-31(2)42(61-8)28-38-21-19-36(7)51(60,65-38)48(57)49(58)52-23-15-14-18-39(52)50(59)64-43(33(4)26-37-20-22-40(53)44(27-37)62-9)29-41(54)32(3)25-35(6)46(56)47(63-10)45(55)34(5)24-30/h11-13,16-17,25,30,32-34,36-40,42-44,46-47,53,56,60H,14-15,18-24,26-29H2,1-10H3/b13-11+,16-12+,31-17+,35-25+/t30-,32-,33-,34-,36-,37+,38+,39+,40?,42+,43?,44-,46-,47+,51-/m1/s1. The third-order valence-electron chi connectivity index (χ3n) is 14.5. The molecule has 15 atom stereocenters. The van der Waals surface area contributed by atoms with Crippen LogP contribution in [0.4, 0.5) is 0 Å². The fourth-order valence-electron chi connectivity index (χ4n) is 10.1. The number of hydrogen-bond acceptors (Lipinski definition) is 13. The molecule has 3 heterocycles. The first-order valence-electron chi connectivity index (χ1n) is 23.9. The first kappa shape index (κ1) is 54.2. The van der Waals surface area contributed by atoms with Crippen molar-refractivity contribution in [3.8, 4) is 0 Å². The molecule has 1 saturated carbocycles. The maximum absolute atomic E-state index is 14.4. The van der Waals surface area contributed by atoms with Gasteiger partial charge in [0.15, 0.2) is 5.78 Å². The number of nitrogens with zero attached hydrogens (tertiary/aromatic N) is 1. The lowest BCUT2D eigenvalue weighted by molar-refractivity contribution is -0.265. The van der Waals surface area contributed by atoms with E-state index in [4.69, 9.17) is 23.7 Å². The van der Waals surface area contributed by atoms with Gasteiger partial charge in [0.1, 0.15) is 30.1 Å². The molecule has 2 bridgehead atoms. The number of cyclic esters (lactones) is 1. The van der Waals surface area contributed by atoms with E-state index in [0.717, 1.165) is 12.0 Å². The predicted molar refractivity (Wildman–Crippen MR) is 245 cm³/mol. The summed E-state index contributed by atoms with van der Waals surface area (Å²) >= 11 is 0. The molecule has 366 valence electrons. The molecule has 0 spiro atoms. The second-order valence-electron chi connectivity index (χ2n) is 19.6. The lowest BCUT2D eigenvalue weighted by Crippen LogP contribution is -2.61. The fraction of sp³-hybridized carbons (Fsp3) is 0.745. The van der Waals surface area contributed by atoms with Gasteiger partial charge in [-0.2, -0.15) is 0 Å². The molecule has 0 radical (unpaired) electrons. The zero-order valence-corrected chi connectivity index (χ0v) is 40.6. The quantitative estimate of drug-likeness (QED) is 0.156. The molecule has 0 aromatic heterocycles. The van der Waals surface area contributed by atoms with Crippen molar-refractivity contribution in [1.29, 1.82) is 0 Å². The first-order valence-corrected chi connectivity index (χ1v) is 23.9. The van der Waals surface area contributed by atoms with E-state index >= 15 is 0 Å². The molecule has 3 fully saturated rings. The monoisotopic (exact) mass is 914 g/mol. The van der Waals surface area contributed by atoms with E-state index in [1.54, 1.807) is 41.1 Å². The van der Waals surface area contributed by atoms with Crippen molar-refractivity contribution >= 4 is 29.2 Å². The molecule has 14 heteroatoms. The van der Waals surface area contributed by atoms with Crippen LogP contribution >= 0.6 is 0 Å². The molecular formula is C51H79NO13. The fourth-order valence-corrected chi connectivity index (χ4v) is 10.1. The van der Waals surface area contributed by atoms with Gasteiger partial charge < -0.3 is 43.9 Å². The highest BCUT2D eigenvalue weighted by Gasteiger charge is 2.53. The number of carbonyl (C=O) groups is 5. The number of ketones is 3. The Labute approximate surface area is 387 Å². The smallest absolute Gasteiger partial charge is 0.329 e. The van der Waals surface area contributed by atoms with E-state index in [0.29, 0.717) is 63.4 Å². The average molecular weight is 914 g/mol. The Morgan fingerprint density at radius 1 is 0.846 bits per heavy atom. The molecule has 4 aliphatic rings. The average Bonchev–Trinajstić information content (AvgIpc) is 3.28. The normalized spacial score (nSPS) is 40.4. The zero-order valence-electron chi connectivity index (χ0n) is 40.6. The number of allylic oxidation sites excluding steroid dienone is 6. The minimum absolute atomic E-state index is 0.0193. The van der Waals surface area contributed by atoms with E-state index in [9.17, 15) is 39.3 Å². The number of fused-ring (bicyclic) bond motifs is 3. The SMILES string of the molecule is CO[C@H]1C[C@@H]2CC[C@@H](C)[C@@](O)(O2)C(=O)C(=O)N2CCCC[C@H]2C(=O)OC([C@H](C)C[C@@H]2CCC(O)[C@H](OC)C2)CC(=O)[C@H](C)/C=C(\C)[C@@H](O)[C@@H](OC)C(=O)[C@H](C)C[C@H](C)/C=C/C=C/C=C/1C. The number of methoxy groups -OCH3 is 3. The third-order valence-corrected chi connectivity index (χ3v) is 14.5. The Balaban J connectivity index is 1.70. The summed E-state index contributed by atoms with van der Waals surface area (Å²) in [5.41, 5.74) is 1.27. The molecule has 0 aromatic carbocycles. The van der Waals surface area contributed by atoms with Gasteiger partial charge in [0.2, 0.25) is 5.79 Å². The molecule has 3 aliphatic heterocycles. The maximum atomic E-state index is 14.4. The molecule has 3 N–H and O–H groups in total. The van der Waals surface area contributed by atoms with Crippen molar-refractivity contribution < 1.29 is 63.0 Å². The van der Waals surface area contributed by atoms with Crippen molar-refractivity contribution in [1.82, 2.24) is 4.90 Å². The van der Waals surface area contributed by atoms with Gasteiger partial charge >= 0.3 is 5.97 Å². The van der Waals surface area contributed by atoms with Crippen molar-refractivity contribution in [2.24, 2.45) is 35.5 Å². The van der Waals surface area contributed by atoms with E-state index < -0.39 is 83.9 Å². The number of hydrogen-bond donors (Lipinski definition) is 3. The molecule has 1 aliphatic carbocycles. The molecule has 1 amide bonds. The van der Waals surface area contributed by atoms with E-state index in [1.165, 1.54) is 12.0 Å². The highest BCUT2D eigenvalue weighted by molar-refractivity contribution is 6.39. The van der Waals surface area contributed by atoms with Gasteiger partial charge in [-0.1, -0.05) is 71.1 Å². The van der Waals surface area contributed by atoms with Crippen LogP contribution in [0.25, 0.3) is 0 Å². The minimum Gasteiger partial charge on any atom is -0.460 e. The van der Waals surface area contributed by atoms with Gasteiger partial charge in [0.25, 0.3) is 11.7 Å². The molecular weight excluding hydrogens is 835 g/mol. The van der Waals surface area contributed by atoms with Gasteiger partial charge in [-0.3, -0.25) is 19.2 Å². The van der Waals surface area contributed by atoms with Crippen LogP contribution in [0.3, 0.4) is 0 Å². The van der Waals surface area contributed by atoms with Gasteiger partial charge in [-0.15, -0.1) is 0 Å². The number of ether oxygens (including phenoxy) is 5. The number of aliphatic hydroxyl groups is 3. The summed E-state index contributed by atoms with van der Waals surface area (Å²) in [5, 5.41) is 33.8. The van der Waals surface area contributed by atoms with Crippen molar-refractivity contribution in [2.45, 2.75) is 180 Å². The summed E-state index contributed by atoms with van der Waals surface area (Å²) in [6, 6.07) is -1.14. The summed E-state index contributed by atoms with van der Waals surface area (Å²) in [7, 11) is 4.52. The number of carbonyl (C=O) groups excluding carboxylic acids is 5. The summed E-state index contributed by atoms with van der Waals surface area (Å²) in [6.07, 6.45) is 11.2. The Morgan fingerprint density at radius 3 is 2.25 bits per heavy atom. The summed E-state index contributed by atoms with van der Waals surface area (Å²) in [5.74, 6) is -7.96. The van der Waals surface area contributed by atoms with E-state index in [-0.39, 0.29) is 54.8 Å². The lowest BCUT2D eigenvalue weighted by atomic mass is 9.78. The van der Waals surface area contributed by atoms with Crippen LogP contribution in [0, 0.1) is 35.5 Å². The first-order chi connectivity index (χ1) is 30.7. The van der Waals surface area contributed by atoms with Gasteiger partial charge in [0, 0.05) is 58.5 Å². The Kier molecular flexibility index (Phi) is 21.0. The number of rotatable bonds is 6. The van der Waals surface area contributed by atoms with E-state index in [2.05, 4.69) is 0 Å².